The van der Waals surface area contributed by atoms with Crippen molar-refractivity contribution in [3.05, 3.63) is 59.2 Å². The van der Waals surface area contributed by atoms with Crippen LogP contribution in [0.2, 0.25) is 0 Å². The van der Waals surface area contributed by atoms with Crippen LogP contribution in [0.5, 0.6) is 11.5 Å². The quantitative estimate of drug-likeness (QED) is 0.535. The Morgan fingerprint density at radius 1 is 1.09 bits per heavy atom. The number of carbonyl (C=O) groups is 1. The van der Waals surface area contributed by atoms with Crippen molar-refractivity contribution in [2.75, 3.05) is 0 Å². The molecular weight excluding hydrogens is 417 g/mol. The molecule has 0 aromatic heterocycles. The zero-order valence-corrected chi connectivity index (χ0v) is 18.6. The topological polar surface area (TPSA) is 62.1 Å². The van der Waals surface area contributed by atoms with Gasteiger partial charge in [-0.05, 0) is 76.8 Å². The first-order chi connectivity index (χ1) is 14.8. The van der Waals surface area contributed by atoms with Gasteiger partial charge in [-0.1, -0.05) is 12.1 Å². The molecule has 0 amide bonds. The highest BCUT2D eigenvalue weighted by molar-refractivity contribution is 5.96. The van der Waals surface area contributed by atoms with Crippen molar-refractivity contribution in [3.8, 4) is 17.6 Å². The molecule has 0 aliphatic carbocycles. The van der Waals surface area contributed by atoms with E-state index in [2.05, 4.69) is 33.0 Å². The summed E-state index contributed by atoms with van der Waals surface area (Å²) in [6.45, 7) is 8.27. The van der Waals surface area contributed by atoms with Crippen LogP contribution in [0.15, 0.2) is 42.5 Å². The van der Waals surface area contributed by atoms with Gasteiger partial charge in [0.05, 0.1) is 11.1 Å². The van der Waals surface area contributed by atoms with Gasteiger partial charge in [0.15, 0.2) is 5.78 Å². The number of hydrogen-bond donors (Lipinski definition) is 1. The summed E-state index contributed by atoms with van der Waals surface area (Å²) in [6, 6.07) is 11.3. The maximum Gasteiger partial charge on any atom is 0.420 e. The van der Waals surface area contributed by atoms with E-state index in [9.17, 15) is 23.2 Å². The largest absolute Gasteiger partial charge is 0.455 e. The predicted octanol–water partition coefficient (Wildman–Crippen LogP) is 6.50. The van der Waals surface area contributed by atoms with Gasteiger partial charge in [-0.2, -0.15) is 18.4 Å². The van der Waals surface area contributed by atoms with E-state index in [0.29, 0.717) is 0 Å². The number of piperidine rings is 1. The van der Waals surface area contributed by atoms with Crippen molar-refractivity contribution < 1.29 is 22.7 Å². The van der Waals surface area contributed by atoms with Gasteiger partial charge < -0.3 is 10.1 Å². The summed E-state index contributed by atoms with van der Waals surface area (Å²) >= 11 is 0. The van der Waals surface area contributed by atoms with E-state index in [-0.39, 0.29) is 46.1 Å². The normalized spacial score (nSPS) is 18.1. The van der Waals surface area contributed by atoms with Gasteiger partial charge in [-0.25, -0.2) is 0 Å². The number of para-hydroxylation sites is 1. The Balaban J connectivity index is 1.87. The zero-order valence-electron chi connectivity index (χ0n) is 18.6. The van der Waals surface area contributed by atoms with E-state index in [1.165, 1.54) is 18.2 Å². The lowest BCUT2D eigenvalue weighted by Gasteiger charge is -2.46. The summed E-state index contributed by atoms with van der Waals surface area (Å²) in [4.78, 5) is 12.9. The van der Waals surface area contributed by atoms with E-state index >= 15 is 0 Å². The van der Waals surface area contributed by atoms with E-state index < -0.39 is 17.5 Å². The summed E-state index contributed by atoms with van der Waals surface area (Å²) in [5.74, 6) is -0.667. The molecule has 3 rings (SSSR count). The maximum atomic E-state index is 13.8. The maximum absolute atomic E-state index is 13.8. The molecule has 0 atom stereocenters. The minimum absolute atomic E-state index is 0.00684. The third-order valence-corrected chi connectivity index (χ3v) is 5.58. The molecule has 1 fully saturated rings. The van der Waals surface area contributed by atoms with Gasteiger partial charge in [0.2, 0.25) is 0 Å². The highest BCUT2D eigenvalue weighted by Gasteiger charge is 2.39. The number of benzene rings is 2. The van der Waals surface area contributed by atoms with Crippen molar-refractivity contribution in [1.82, 2.24) is 5.32 Å². The third kappa shape index (κ3) is 5.68. The molecule has 2 aromatic carbocycles. The van der Waals surface area contributed by atoms with Crippen LogP contribution in [0.1, 0.15) is 68.4 Å². The molecule has 4 nitrogen and oxygen atoms in total. The monoisotopic (exact) mass is 444 g/mol. The first kappa shape index (κ1) is 23.8. The van der Waals surface area contributed by atoms with Crippen LogP contribution in [-0.2, 0) is 6.18 Å². The third-order valence-electron chi connectivity index (χ3n) is 5.58. The molecule has 7 heteroatoms. The highest BCUT2D eigenvalue weighted by atomic mass is 19.4. The molecule has 0 spiro atoms. The minimum Gasteiger partial charge on any atom is -0.455 e. The molecule has 1 aliphatic heterocycles. The van der Waals surface area contributed by atoms with Crippen molar-refractivity contribution in [1.29, 1.82) is 5.26 Å². The molecule has 170 valence electrons. The molecule has 1 heterocycles. The van der Waals surface area contributed by atoms with E-state index in [4.69, 9.17) is 4.74 Å². The number of Topliss-reactive ketones (excluding diaryl/α,β-unsaturated/α-hetero) is 1. The standard InChI is InChI=1S/C25H27F3N2O2/c1-23(2)13-16(14-24(3,4)30-23)11-20(31)17-9-10-22(19(12-17)25(26,27)28)32-21-8-6-5-7-18(21)15-29/h5-10,12,16,30H,11,13-14H2,1-4H3. The molecular formula is C25H27F3N2O2. The highest BCUT2D eigenvalue weighted by Crippen LogP contribution is 2.40. The first-order valence-electron chi connectivity index (χ1n) is 10.5. The lowest BCUT2D eigenvalue weighted by Crippen LogP contribution is -2.57. The molecule has 1 saturated heterocycles. The van der Waals surface area contributed by atoms with Gasteiger partial charge in [0.25, 0.3) is 0 Å². The number of ketones is 1. The molecule has 2 aromatic rings. The molecule has 32 heavy (non-hydrogen) atoms. The summed E-state index contributed by atoms with van der Waals surface area (Å²) in [5, 5.41) is 12.7. The SMILES string of the molecule is CC1(C)CC(CC(=O)c2ccc(Oc3ccccc3C#N)c(C(F)(F)F)c2)CC(C)(C)N1. The van der Waals surface area contributed by atoms with Crippen molar-refractivity contribution in [2.24, 2.45) is 5.92 Å². The molecule has 0 bridgehead atoms. The van der Waals surface area contributed by atoms with Crippen LogP contribution in [0.25, 0.3) is 0 Å². The van der Waals surface area contributed by atoms with Crippen LogP contribution in [0.4, 0.5) is 13.2 Å². The average Bonchev–Trinajstić information content (AvgIpc) is 2.65. The molecule has 0 saturated carbocycles. The number of rotatable bonds is 5. The number of nitriles is 1. The summed E-state index contributed by atoms with van der Waals surface area (Å²) in [7, 11) is 0. The van der Waals surface area contributed by atoms with Crippen LogP contribution < -0.4 is 10.1 Å². The molecule has 0 radical (unpaired) electrons. The lowest BCUT2D eigenvalue weighted by molar-refractivity contribution is -0.138. The first-order valence-corrected chi connectivity index (χ1v) is 10.5. The average molecular weight is 444 g/mol. The number of alkyl halides is 3. The fourth-order valence-corrected chi connectivity index (χ4v) is 4.84. The molecule has 1 aliphatic rings. The van der Waals surface area contributed by atoms with E-state index in [1.807, 2.05) is 6.07 Å². The fraction of sp³-hybridized carbons (Fsp3) is 0.440. The van der Waals surface area contributed by atoms with Gasteiger partial charge in [0, 0.05) is 23.1 Å². The molecule has 1 N–H and O–H groups in total. The predicted molar refractivity (Wildman–Crippen MR) is 116 cm³/mol. The number of carbonyl (C=O) groups excluding carboxylic acids is 1. The Bertz CT molecular complexity index is 1040. The van der Waals surface area contributed by atoms with Crippen LogP contribution in [0.3, 0.4) is 0 Å². The number of ether oxygens (including phenoxy) is 1. The summed E-state index contributed by atoms with van der Waals surface area (Å²) in [6.07, 6.45) is -3.00. The number of hydrogen-bond acceptors (Lipinski definition) is 4. The minimum atomic E-state index is -4.72. The van der Waals surface area contributed by atoms with Crippen LogP contribution in [-0.4, -0.2) is 16.9 Å². The van der Waals surface area contributed by atoms with Crippen molar-refractivity contribution >= 4 is 5.78 Å². The number of halogens is 3. The number of nitrogens with zero attached hydrogens (tertiary/aromatic N) is 1. The summed E-state index contributed by atoms with van der Waals surface area (Å²) in [5.41, 5.74) is -1.22. The Hall–Kier alpha value is -2.85. The van der Waals surface area contributed by atoms with Gasteiger partial charge in [0.1, 0.15) is 17.6 Å². The van der Waals surface area contributed by atoms with Crippen molar-refractivity contribution in [2.45, 2.75) is 64.2 Å². The lowest BCUT2D eigenvalue weighted by atomic mass is 9.74. The number of nitrogens with one attached hydrogen (secondary N) is 1. The Labute approximate surface area is 186 Å². The molecule has 0 unspecified atom stereocenters. The summed E-state index contributed by atoms with van der Waals surface area (Å²) < 4.78 is 46.8. The fourth-order valence-electron chi connectivity index (χ4n) is 4.84. The van der Waals surface area contributed by atoms with Gasteiger partial charge >= 0.3 is 6.18 Å². The van der Waals surface area contributed by atoms with Crippen LogP contribution in [0, 0.1) is 17.2 Å². The van der Waals surface area contributed by atoms with Gasteiger partial charge in [-0.15, -0.1) is 0 Å². The van der Waals surface area contributed by atoms with E-state index in [0.717, 1.165) is 25.0 Å². The van der Waals surface area contributed by atoms with E-state index in [1.54, 1.807) is 12.1 Å². The Morgan fingerprint density at radius 3 is 2.31 bits per heavy atom. The second-order valence-electron chi connectivity index (χ2n) is 9.71. The Morgan fingerprint density at radius 2 is 1.72 bits per heavy atom. The smallest absolute Gasteiger partial charge is 0.420 e. The zero-order chi connectivity index (χ0) is 23.7. The van der Waals surface area contributed by atoms with Crippen LogP contribution >= 0.6 is 0 Å². The van der Waals surface area contributed by atoms with Gasteiger partial charge in [-0.3, -0.25) is 4.79 Å². The van der Waals surface area contributed by atoms with Crippen molar-refractivity contribution in [3.63, 3.8) is 0 Å². The second-order valence-corrected chi connectivity index (χ2v) is 9.71. The second kappa shape index (κ2) is 8.59. The Kier molecular flexibility index (Phi) is 6.39.